The van der Waals surface area contributed by atoms with E-state index in [0.29, 0.717) is 0 Å². The third kappa shape index (κ3) is 3.73. The first kappa shape index (κ1) is 14.4. The minimum atomic E-state index is 0.819. The lowest BCUT2D eigenvalue weighted by Gasteiger charge is -2.39. The highest BCUT2D eigenvalue weighted by Crippen LogP contribution is 2.33. The quantitative estimate of drug-likeness (QED) is 0.759. The van der Waals surface area contributed by atoms with E-state index in [1.165, 1.54) is 57.8 Å². The van der Waals surface area contributed by atoms with Crippen LogP contribution in [0, 0.1) is 17.8 Å². The van der Waals surface area contributed by atoms with Gasteiger partial charge in [0.1, 0.15) is 0 Å². The molecule has 18 heavy (non-hydrogen) atoms. The molecule has 2 rings (SSSR count). The van der Waals surface area contributed by atoms with Crippen molar-refractivity contribution in [3.05, 3.63) is 0 Å². The number of rotatable bonds is 4. The maximum absolute atomic E-state index is 4.05. The summed E-state index contributed by atoms with van der Waals surface area (Å²) in [5.41, 5.74) is 0. The standard InChI is InChI=1S/C17H33N/c1-4-14-8-7-9-15(12-14)18-17-11-6-5-10-16(17)13(2)3/h13-18H,4-12H2,1-3H3. The van der Waals surface area contributed by atoms with Crippen LogP contribution in [-0.4, -0.2) is 12.1 Å². The Morgan fingerprint density at radius 3 is 2.50 bits per heavy atom. The Hall–Kier alpha value is -0.0400. The third-order valence-corrected chi connectivity index (χ3v) is 5.49. The van der Waals surface area contributed by atoms with Crippen LogP contribution in [0.25, 0.3) is 0 Å². The molecule has 1 nitrogen and oxygen atoms in total. The zero-order valence-electron chi connectivity index (χ0n) is 12.8. The van der Waals surface area contributed by atoms with Crippen LogP contribution >= 0.6 is 0 Å². The van der Waals surface area contributed by atoms with E-state index in [2.05, 4.69) is 26.1 Å². The van der Waals surface area contributed by atoms with Gasteiger partial charge in [0.15, 0.2) is 0 Å². The molecule has 0 spiro atoms. The SMILES string of the molecule is CCC1CCCC(NC2CCCCC2C(C)C)C1. The van der Waals surface area contributed by atoms with Crippen LogP contribution in [0.1, 0.15) is 78.6 Å². The van der Waals surface area contributed by atoms with E-state index < -0.39 is 0 Å². The highest BCUT2D eigenvalue weighted by atomic mass is 15.0. The molecule has 0 radical (unpaired) electrons. The average Bonchev–Trinajstić information content (AvgIpc) is 2.39. The van der Waals surface area contributed by atoms with Crippen LogP contribution in [0.15, 0.2) is 0 Å². The zero-order chi connectivity index (χ0) is 13.0. The van der Waals surface area contributed by atoms with E-state index in [0.717, 1.165) is 29.8 Å². The summed E-state index contributed by atoms with van der Waals surface area (Å²) in [7, 11) is 0. The van der Waals surface area contributed by atoms with Gasteiger partial charge in [0.05, 0.1) is 0 Å². The van der Waals surface area contributed by atoms with Gasteiger partial charge in [0, 0.05) is 12.1 Å². The van der Waals surface area contributed by atoms with Crippen molar-refractivity contribution in [2.75, 3.05) is 0 Å². The van der Waals surface area contributed by atoms with Crippen molar-refractivity contribution in [3.8, 4) is 0 Å². The average molecular weight is 251 g/mol. The van der Waals surface area contributed by atoms with Crippen molar-refractivity contribution in [1.29, 1.82) is 0 Å². The summed E-state index contributed by atoms with van der Waals surface area (Å²) in [6, 6.07) is 1.65. The zero-order valence-corrected chi connectivity index (χ0v) is 12.8. The first-order valence-electron chi connectivity index (χ1n) is 8.46. The smallest absolute Gasteiger partial charge is 0.0100 e. The molecule has 2 saturated carbocycles. The van der Waals surface area contributed by atoms with Crippen molar-refractivity contribution in [3.63, 3.8) is 0 Å². The summed E-state index contributed by atoms with van der Waals surface area (Å²) in [4.78, 5) is 0. The molecule has 2 aliphatic rings. The van der Waals surface area contributed by atoms with Crippen LogP contribution in [0.5, 0.6) is 0 Å². The largest absolute Gasteiger partial charge is 0.311 e. The van der Waals surface area contributed by atoms with Crippen LogP contribution in [0.2, 0.25) is 0 Å². The molecule has 4 unspecified atom stereocenters. The minimum Gasteiger partial charge on any atom is -0.311 e. The predicted molar refractivity (Wildman–Crippen MR) is 79.8 cm³/mol. The minimum absolute atomic E-state index is 0.819. The van der Waals surface area contributed by atoms with Crippen LogP contribution in [0.4, 0.5) is 0 Å². The Labute approximate surface area is 114 Å². The van der Waals surface area contributed by atoms with Crippen molar-refractivity contribution in [2.45, 2.75) is 90.6 Å². The number of hydrogen-bond donors (Lipinski definition) is 1. The summed E-state index contributed by atoms with van der Waals surface area (Å²) < 4.78 is 0. The molecule has 0 saturated heterocycles. The summed E-state index contributed by atoms with van der Waals surface area (Å²) in [6.45, 7) is 7.20. The predicted octanol–water partition coefficient (Wildman–Crippen LogP) is 4.76. The first-order chi connectivity index (χ1) is 8.70. The molecule has 0 heterocycles. The van der Waals surface area contributed by atoms with Gasteiger partial charge in [-0.25, -0.2) is 0 Å². The molecule has 0 aromatic rings. The monoisotopic (exact) mass is 251 g/mol. The summed E-state index contributed by atoms with van der Waals surface area (Å²) in [5.74, 6) is 2.78. The molecule has 2 fully saturated rings. The van der Waals surface area contributed by atoms with E-state index in [4.69, 9.17) is 0 Å². The van der Waals surface area contributed by atoms with Gasteiger partial charge in [0.25, 0.3) is 0 Å². The number of hydrogen-bond acceptors (Lipinski definition) is 1. The molecular weight excluding hydrogens is 218 g/mol. The van der Waals surface area contributed by atoms with Gasteiger partial charge in [-0.2, -0.15) is 0 Å². The van der Waals surface area contributed by atoms with Crippen molar-refractivity contribution in [2.24, 2.45) is 17.8 Å². The molecule has 0 bridgehead atoms. The maximum atomic E-state index is 4.05. The Morgan fingerprint density at radius 1 is 1.00 bits per heavy atom. The molecule has 4 atom stereocenters. The molecule has 1 heteroatoms. The molecule has 0 aromatic heterocycles. The molecule has 1 N–H and O–H groups in total. The summed E-state index contributed by atoms with van der Waals surface area (Å²) in [6.07, 6.45) is 13.0. The van der Waals surface area contributed by atoms with E-state index >= 15 is 0 Å². The van der Waals surface area contributed by atoms with Gasteiger partial charge in [-0.15, -0.1) is 0 Å². The molecule has 0 amide bonds. The maximum Gasteiger partial charge on any atom is 0.0100 e. The fraction of sp³-hybridized carbons (Fsp3) is 1.00. The molecule has 2 aliphatic carbocycles. The fourth-order valence-electron chi connectivity index (χ4n) is 4.28. The first-order valence-corrected chi connectivity index (χ1v) is 8.46. The van der Waals surface area contributed by atoms with Gasteiger partial charge < -0.3 is 5.32 Å². The van der Waals surface area contributed by atoms with Gasteiger partial charge in [0.2, 0.25) is 0 Å². The fourth-order valence-corrected chi connectivity index (χ4v) is 4.28. The highest BCUT2D eigenvalue weighted by Gasteiger charge is 2.30. The molecule has 0 aromatic carbocycles. The van der Waals surface area contributed by atoms with Gasteiger partial charge in [-0.3, -0.25) is 0 Å². The lowest BCUT2D eigenvalue weighted by atomic mass is 9.76. The van der Waals surface area contributed by atoms with Crippen LogP contribution in [0.3, 0.4) is 0 Å². The Balaban J connectivity index is 1.86. The second-order valence-electron chi connectivity index (χ2n) is 7.10. The van der Waals surface area contributed by atoms with Crippen molar-refractivity contribution < 1.29 is 0 Å². The third-order valence-electron chi connectivity index (χ3n) is 5.49. The number of nitrogens with one attached hydrogen (secondary N) is 1. The second-order valence-corrected chi connectivity index (χ2v) is 7.10. The molecule has 0 aliphatic heterocycles. The van der Waals surface area contributed by atoms with E-state index in [9.17, 15) is 0 Å². The van der Waals surface area contributed by atoms with Crippen molar-refractivity contribution in [1.82, 2.24) is 5.32 Å². The highest BCUT2D eigenvalue weighted by molar-refractivity contribution is 4.87. The van der Waals surface area contributed by atoms with Crippen molar-refractivity contribution >= 4 is 0 Å². The normalized spacial score (nSPS) is 38.0. The van der Waals surface area contributed by atoms with Crippen LogP contribution < -0.4 is 5.32 Å². The Kier molecular flexibility index (Phi) is 5.54. The molecule has 106 valence electrons. The molecular formula is C17H33N. The second kappa shape index (κ2) is 6.93. The van der Waals surface area contributed by atoms with Gasteiger partial charge in [-0.1, -0.05) is 52.9 Å². The van der Waals surface area contributed by atoms with Crippen LogP contribution in [-0.2, 0) is 0 Å². The van der Waals surface area contributed by atoms with E-state index in [1.807, 2.05) is 0 Å². The lowest BCUT2D eigenvalue weighted by molar-refractivity contribution is 0.168. The summed E-state index contributed by atoms with van der Waals surface area (Å²) in [5, 5.41) is 4.05. The van der Waals surface area contributed by atoms with E-state index in [-0.39, 0.29) is 0 Å². The van der Waals surface area contributed by atoms with Gasteiger partial charge in [-0.05, 0) is 43.4 Å². The van der Waals surface area contributed by atoms with Gasteiger partial charge >= 0.3 is 0 Å². The van der Waals surface area contributed by atoms with E-state index in [1.54, 1.807) is 0 Å². The Bertz CT molecular complexity index is 236. The topological polar surface area (TPSA) is 12.0 Å². The lowest BCUT2D eigenvalue weighted by Crippen LogP contribution is -2.47. The Morgan fingerprint density at radius 2 is 1.78 bits per heavy atom. The summed E-state index contributed by atoms with van der Waals surface area (Å²) >= 11 is 0.